The fraction of sp³-hybridized carbons (Fsp3) is 0.235. The monoisotopic (exact) mass is 348 g/mol. The number of ether oxygens (including phenoxy) is 1. The first-order valence-corrected chi connectivity index (χ1v) is 7.72. The molecule has 0 aliphatic heterocycles. The van der Waals surface area contributed by atoms with Crippen molar-refractivity contribution >= 4 is 23.2 Å². The fourth-order valence-electron chi connectivity index (χ4n) is 2.04. The summed E-state index contributed by atoms with van der Waals surface area (Å²) in [5, 5.41) is 13.6. The lowest BCUT2D eigenvalue weighted by Gasteiger charge is -2.10. The molecule has 6 nitrogen and oxygen atoms in total. The zero-order valence-corrected chi connectivity index (χ0v) is 14.0. The minimum atomic E-state index is -0.618. The van der Waals surface area contributed by atoms with E-state index in [9.17, 15) is 14.9 Å². The zero-order valence-electron chi connectivity index (χ0n) is 13.3. The van der Waals surface area contributed by atoms with E-state index in [1.54, 1.807) is 0 Å². The SMILES string of the molecule is CC(C)Oc1ccc(CNC(=O)c2ccc(Cl)c([N+](=O)[O-])c2)cc1. The number of nitro groups is 1. The summed E-state index contributed by atoms with van der Waals surface area (Å²) in [6.45, 7) is 4.19. The maximum absolute atomic E-state index is 12.1. The third-order valence-corrected chi connectivity index (χ3v) is 3.47. The smallest absolute Gasteiger partial charge is 0.288 e. The van der Waals surface area contributed by atoms with Gasteiger partial charge in [0.2, 0.25) is 0 Å². The summed E-state index contributed by atoms with van der Waals surface area (Å²) in [7, 11) is 0. The van der Waals surface area contributed by atoms with Crippen LogP contribution in [0.2, 0.25) is 5.02 Å². The number of hydrogen-bond acceptors (Lipinski definition) is 4. The molecule has 0 spiro atoms. The van der Waals surface area contributed by atoms with Crippen molar-refractivity contribution in [3.05, 3.63) is 68.7 Å². The van der Waals surface area contributed by atoms with Crippen molar-refractivity contribution in [1.82, 2.24) is 5.32 Å². The lowest BCUT2D eigenvalue weighted by molar-refractivity contribution is -0.384. The normalized spacial score (nSPS) is 10.5. The van der Waals surface area contributed by atoms with Crippen molar-refractivity contribution in [2.24, 2.45) is 0 Å². The number of rotatable bonds is 6. The van der Waals surface area contributed by atoms with Gasteiger partial charge >= 0.3 is 0 Å². The molecule has 0 atom stereocenters. The molecule has 0 aromatic heterocycles. The number of benzene rings is 2. The molecule has 7 heteroatoms. The van der Waals surface area contributed by atoms with Crippen LogP contribution in [0.4, 0.5) is 5.69 Å². The Morgan fingerprint density at radius 1 is 1.25 bits per heavy atom. The van der Waals surface area contributed by atoms with Crippen LogP contribution in [0.25, 0.3) is 0 Å². The topological polar surface area (TPSA) is 81.5 Å². The Bertz CT molecular complexity index is 745. The van der Waals surface area contributed by atoms with Crippen LogP contribution in [-0.2, 0) is 6.54 Å². The zero-order chi connectivity index (χ0) is 17.7. The molecule has 0 fully saturated rings. The van der Waals surface area contributed by atoms with E-state index in [2.05, 4.69) is 5.32 Å². The first-order chi connectivity index (χ1) is 11.4. The summed E-state index contributed by atoms with van der Waals surface area (Å²) >= 11 is 5.73. The van der Waals surface area contributed by atoms with Crippen molar-refractivity contribution in [3.63, 3.8) is 0 Å². The van der Waals surface area contributed by atoms with Crippen molar-refractivity contribution in [1.29, 1.82) is 0 Å². The molecule has 126 valence electrons. The Kier molecular flexibility index (Phi) is 5.76. The average Bonchev–Trinajstić information content (AvgIpc) is 2.53. The maximum Gasteiger partial charge on any atom is 0.288 e. The minimum Gasteiger partial charge on any atom is -0.491 e. The molecule has 1 amide bonds. The molecule has 0 aliphatic rings. The summed E-state index contributed by atoms with van der Waals surface area (Å²) in [6, 6.07) is 11.3. The summed E-state index contributed by atoms with van der Waals surface area (Å²) in [4.78, 5) is 22.4. The van der Waals surface area contributed by atoms with Crippen molar-refractivity contribution in [2.45, 2.75) is 26.5 Å². The average molecular weight is 349 g/mol. The molecule has 2 aromatic carbocycles. The molecule has 24 heavy (non-hydrogen) atoms. The van der Waals surface area contributed by atoms with Crippen LogP contribution in [0, 0.1) is 10.1 Å². The van der Waals surface area contributed by atoms with E-state index in [0.717, 1.165) is 17.4 Å². The van der Waals surface area contributed by atoms with E-state index in [0.29, 0.717) is 6.54 Å². The molecule has 0 bridgehead atoms. The van der Waals surface area contributed by atoms with Crippen molar-refractivity contribution in [2.75, 3.05) is 0 Å². The summed E-state index contributed by atoms with van der Waals surface area (Å²) in [5.41, 5.74) is 0.785. The molecule has 2 aromatic rings. The molecule has 0 aliphatic carbocycles. The van der Waals surface area contributed by atoms with Gasteiger partial charge in [-0.1, -0.05) is 23.7 Å². The molecular formula is C17H17ClN2O4. The van der Waals surface area contributed by atoms with Crippen LogP contribution >= 0.6 is 11.6 Å². The van der Waals surface area contributed by atoms with E-state index >= 15 is 0 Å². The maximum atomic E-state index is 12.1. The van der Waals surface area contributed by atoms with Gasteiger partial charge in [0.05, 0.1) is 11.0 Å². The Labute approximate surface area is 144 Å². The first kappa shape index (κ1) is 17.7. The standard InChI is InChI=1S/C17H17ClN2O4/c1-11(2)24-14-6-3-12(4-7-14)10-19-17(21)13-5-8-15(18)16(9-13)20(22)23/h3-9,11H,10H2,1-2H3,(H,19,21). The molecule has 2 rings (SSSR count). The third-order valence-electron chi connectivity index (χ3n) is 3.15. The predicted octanol–water partition coefficient (Wildman–Crippen LogP) is 3.97. The second-order valence-corrected chi connectivity index (χ2v) is 5.82. The lowest BCUT2D eigenvalue weighted by Crippen LogP contribution is -2.22. The van der Waals surface area contributed by atoms with Gasteiger partial charge in [-0.2, -0.15) is 0 Å². The lowest BCUT2D eigenvalue weighted by atomic mass is 10.1. The van der Waals surface area contributed by atoms with Gasteiger partial charge < -0.3 is 10.1 Å². The molecule has 0 unspecified atom stereocenters. The Morgan fingerprint density at radius 2 is 1.92 bits per heavy atom. The number of halogens is 1. The summed E-state index contributed by atoms with van der Waals surface area (Å²) < 4.78 is 5.55. The Hall–Kier alpha value is -2.60. The number of nitrogens with zero attached hydrogens (tertiary/aromatic N) is 1. The molecule has 0 saturated carbocycles. The summed E-state index contributed by atoms with van der Waals surface area (Å²) in [5.74, 6) is 0.352. The quantitative estimate of drug-likeness (QED) is 0.632. The fourth-order valence-corrected chi connectivity index (χ4v) is 2.22. The second kappa shape index (κ2) is 7.79. The van der Waals surface area contributed by atoms with Crippen LogP contribution in [0.15, 0.2) is 42.5 Å². The van der Waals surface area contributed by atoms with Gasteiger partial charge in [0.15, 0.2) is 0 Å². The van der Waals surface area contributed by atoms with E-state index in [4.69, 9.17) is 16.3 Å². The molecule has 0 radical (unpaired) electrons. The van der Waals surface area contributed by atoms with Gasteiger partial charge in [-0.25, -0.2) is 0 Å². The molecule has 1 N–H and O–H groups in total. The van der Waals surface area contributed by atoms with Crippen LogP contribution < -0.4 is 10.1 Å². The Balaban J connectivity index is 2.00. The number of nitro benzene ring substituents is 1. The predicted molar refractivity (Wildman–Crippen MR) is 91.5 cm³/mol. The van der Waals surface area contributed by atoms with E-state index in [1.807, 2.05) is 38.1 Å². The van der Waals surface area contributed by atoms with Crippen LogP contribution in [-0.4, -0.2) is 16.9 Å². The van der Waals surface area contributed by atoms with Gasteiger partial charge in [0.25, 0.3) is 11.6 Å². The number of carbonyl (C=O) groups is 1. The van der Waals surface area contributed by atoms with E-state index in [1.165, 1.54) is 12.1 Å². The van der Waals surface area contributed by atoms with Gasteiger partial charge in [-0.15, -0.1) is 0 Å². The van der Waals surface area contributed by atoms with Gasteiger partial charge in [-0.3, -0.25) is 14.9 Å². The van der Waals surface area contributed by atoms with Gasteiger partial charge in [0.1, 0.15) is 10.8 Å². The highest BCUT2D eigenvalue weighted by Gasteiger charge is 2.16. The molecular weight excluding hydrogens is 332 g/mol. The van der Waals surface area contributed by atoms with E-state index in [-0.39, 0.29) is 22.4 Å². The van der Waals surface area contributed by atoms with Crippen molar-refractivity contribution < 1.29 is 14.5 Å². The second-order valence-electron chi connectivity index (χ2n) is 5.42. The van der Waals surface area contributed by atoms with Crippen LogP contribution in [0.5, 0.6) is 5.75 Å². The largest absolute Gasteiger partial charge is 0.491 e. The van der Waals surface area contributed by atoms with Gasteiger partial charge in [0, 0.05) is 18.2 Å². The molecule has 0 heterocycles. The number of nitrogens with one attached hydrogen (secondary N) is 1. The number of amides is 1. The van der Waals surface area contributed by atoms with Gasteiger partial charge in [-0.05, 0) is 43.7 Å². The molecule has 0 saturated heterocycles. The van der Waals surface area contributed by atoms with Crippen molar-refractivity contribution in [3.8, 4) is 5.75 Å². The van der Waals surface area contributed by atoms with Crippen LogP contribution in [0.1, 0.15) is 29.8 Å². The summed E-state index contributed by atoms with van der Waals surface area (Å²) in [6.07, 6.45) is 0.0937. The highest BCUT2D eigenvalue weighted by Crippen LogP contribution is 2.25. The van der Waals surface area contributed by atoms with Crippen LogP contribution in [0.3, 0.4) is 0 Å². The number of carbonyl (C=O) groups excluding carboxylic acids is 1. The minimum absolute atomic E-state index is 0.00251. The highest BCUT2D eigenvalue weighted by atomic mass is 35.5. The Morgan fingerprint density at radius 3 is 2.50 bits per heavy atom. The van der Waals surface area contributed by atoms with E-state index < -0.39 is 10.8 Å². The highest BCUT2D eigenvalue weighted by molar-refractivity contribution is 6.32. The third kappa shape index (κ3) is 4.70. The number of hydrogen-bond donors (Lipinski definition) is 1. The first-order valence-electron chi connectivity index (χ1n) is 7.34.